The van der Waals surface area contributed by atoms with Crippen LogP contribution in [0.3, 0.4) is 0 Å². The molecule has 7 heteroatoms. The van der Waals surface area contributed by atoms with Crippen molar-refractivity contribution in [1.82, 2.24) is 20.2 Å². The minimum Gasteiger partial charge on any atom is -0.494 e. The third-order valence-electron chi connectivity index (χ3n) is 4.23. The lowest BCUT2D eigenvalue weighted by atomic mass is 10.2. The molecule has 1 aliphatic heterocycles. The highest BCUT2D eigenvalue weighted by molar-refractivity contribution is 5.90. The number of H-pyrrole nitrogens is 1. The number of ether oxygens (including phenoxy) is 1. The van der Waals surface area contributed by atoms with Crippen molar-refractivity contribution in [1.29, 1.82) is 0 Å². The molecule has 1 N–H and O–H groups in total. The first-order valence-electron chi connectivity index (χ1n) is 7.51. The summed E-state index contributed by atoms with van der Waals surface area (Å²) in [6.45, 7) is 1.55. The monoisotopic (exact) mass is 313 g/mol. The Morgan fingerprint density at radius 3 is 3.09 bits per heavy atom. The van der Waals surface area contributed by atoms with Crippen molar-refractivity contribution in [3.63, 3.8) is 0 Å². The van der Waals surface area contributed by atoms with E-state index in [1.807, 2.05) is 12.3 Å². The molecule has 118 valence electrons. The standard InChI is InChI=1S/C16H16FN5O/c1-23-13-5-4-11-15(14(13)17)18-9-19-16(11)22-6-2-3-12-10(8-22)7-20-21-12/h4-5,7,9H,2-3,6,8H2,1H3,(H,20,21). The van der Waals surface area contributed by atoms with E-state index in [4.69, 9.17) is 4.74 Å². The van der Waals surface area contributed by atoms with Crippen LogP contribution in [0.1, 0.15) is 17.7 Å². The van der Waals surface area contributed by atoms with Gasteiger partial charge in [-0.15, -0.1) is 0 Å². The second kappa shape index (κ2) is 5.49. The van der Waals surface area contributed by atoms with Gasteiger partial charge in [-0.2, -0.15) is 5.10 Å². The molecule has 3 heterocycles. The van der Waals surface area contributed by atoms with Gasteiger partial charge in [0.05, 0.1) is 13.3 Å². The van der Waals surface area contributed by atoms with Crippen molar-refractivity contribution in [2.45, 2.75) is 19.4 Å². The van der Waals surface area contributed by atoms with Gasteiger partial charge in [-0.25, -0.2) is 14.4 Å². The molecule has 0 amide bonds. The average Bonchev–Trinajstić information content (AvgIpc) is 2.92. The number of nitrogens with one attached hydrogen (secondary N) is 1. The molecule has 2 aromatic heterocycles. The number of halogens is 1. The van der Waals surface area contributed by atoms with Gasteiger partial charge < -0.3 is 9.64 Å². The Balaban J connectivity index is 1.81. The Hall–Kier alpha value is -2.70. The minimum absolute atomic E-state index is 0.190. The summed E-state index contributed by atoms with van der Waals surface area (Å²) < 4.78 is 19.5. The van der Waals surface area contributed by atoms with Crippen LogP contribution in [0.25, 0.3) is 10.9 Å². The number of fused-ring (bicyclic) bond motifs is 2. The summed E-state index contributed by atoms with van der Waals surface area (Å²) in [5.41, 5.74) is 2.60. The van der Waals surface area contributed by atoms with Crippen molar-refractivity contribution < 1.29 is 9.13 Å². The summed E-state index contributed by atoms with van der Waals surface area (Å²) in [4.78, 5) is 10.6. The van der Waals surface area contributed by atoms with Gasteiger partial charge in [-0.3, -0.25) is 5.10 Å². The highest BCUT2D eigenvalue weighted by Gasteiger charge is 2.20. The Kier molecular flexibility index (Phi) is 3.33. The van der Waals surface area contributed by atoms with E-state index in [0.717, 1.165) is 30.8 Å². The first kappa shape index (κ1) is 13.9. The van der Waals surface area contributed by atoms with Crippen LogP contribution in [0.4, 0.5) is 10.2 Å². The molecule has 0 radical (unpaired) electrons. The Morgan fingerprint density at radius 1 is 1.30 bits per heavy atom. The largest absolute Gasteiger partial charge is 0.494 e. The van der Waals surface area contributed by atoms with Crippen molar-refractivity contribution >= 4 is 16.7 Å². The number of aromatic nitrogens is 4. The molecule has 1 aromatic carbocycles. The smallest absolute Gasteiger partial charge is 0.191 e. The molecule has 4 rings (SSSR count). The molecule has 3 aromatic rings. The third-order valence-corrected chi connectivity index (χ3v) is 4.23. The van der Waals surface area contributed by atoms with Crippen LogP contribution in [0, 0.1) is 5.82 Å². The van der Waals surface area contributed by atoms with Crippen LogP contribution in [-0.4, -0.2) is 33.8 Å². The summed E-state index contributed by atoms with van der Waals surface area (Å²) in [7, 11) is 1.45. The molecule has 0 aliphatic carbocycles. The molecule has 23 heavy (non-hydrogen) atoms. The fourth-order valence-electron chi connectivity index (χ4n) is 3.08. The number of hydrogen-bond donors (Lipinski definition) is 1. The van der Waals surface area contributed by atoms with Gasteiger partial charge in [-0.1, -0.05) is 0 Å². The fraction of sp³-hybridized carbons (Fsp3) is 0.312. The number of aryl methyl sites for hydroxylation is 1. The molecule has 1 aliphatic rings. The van der Waals surface area contributed by atoms with Crippen molar-refractivity contribution in [2.24, 2.45) is 0 Å². The Bertz CT molecular complexity index is 863. The van der Waals surface area contributed by atoms with Crippen LogP contribution in [0.2, 0.25) is 0 Å². The summed E-state index contributed by atoms with van der Waals surface area (Å²) >= 11 is 0. The fourth-order valence-corrected chi connectivity index (χ4v) is 3.08. The van der Waals surface area contributed by atoms with Crippen LogP contribution in [0.5, 0.6) is 5.75 Å². The second-order valence-corrected chi connectivity index (χ2v) is 5.57. The van der Waals surface area contributed by atoms with Gasteiger partial charge in [-0.05, 0) is 25.0 Å². The van der Waals surface area contributed by atoms with Gasteiger partial charge in [0.1, 0.15) is 17.7 Å². The van der Waals surface area contributed by atoms with Crippen LogP contribution >= 0.6 is 0 Å². The van der Waals surface area contributed by atoms with E-state index in [0.29, 0.717) is 11.9 Å². The van der Waals surface area contributed by atoms with E-state index in [1.54, 1.807) is 6.07 Å². The van der Waals surface area contributed by atoms with Crippen LogP contribution < -0.4 is 9.64 Å². The number of benzene rings is 1. The number of nitrogens with zero attached hydrogens (tertiary/aromatic N) is 4. The molecule has 0 unspecified atom stereocenters. The molecule has 0 atom stereocenters. The maximum Gasteiger partial charge on any atom is 0.191 e. The van der Waals surface area contributed by atoms with E-state index in [-0.39, 0.29) is 11.3 Å². The lowest BCUT2D eigenvalue weighted by molar-refractivity contribution is 0.388. The number of hydrogen-bond acceptors (Lipinski definition) is 5. The maximum atomic E-state index is 14.4. The highest BCUT2D eigenvalue weighted by atomic mass is 19.1. The third kappa shape index (κ3) is 2.28. The Morgan fingerprint density at radius 2 is 2.22 bits per heavy atom. The summed E-state index contributed by atoms with van der Waals surface area (Å²) in [5.74, 6) is 0.480. The molecule has 0 bridgehead atoms. The molecule has 0 saturated heterocycles. The molecular formula is C16H16FN5O. The summed E-state index contributed by atoms with van der Waals surface area (Å²) in [6.07, 6.45) is 5.19. The number of methoxy groups -OCH3 is 1. The van der Waals surface area contributed by atoms with Gasteiger partial charge in [0.15, 0.2) is 11.6 Å². The summed E-state index contributed by atoms with van der Waals surface area (Å²) in [5, 5.41) is 7.85. The molecule has 0 fully saturated rings. The van der Waals surface area contributed by atoms with E-state index >= 15 is 0 Å². The van der Waals surface area contributed by atoms with Gasteiger partial charge in [0.2, 0.25) is 0 Å². The predicted octanol–water partition coefficient (Wildman–Crippen LogP) is 2.45. The average molecular weight is 313 g/mol. The summed E-state index contributed by atoms with van der Waals surface area (Å²) in [6, 6.07) is 3.43. The molecule has 6 nitrogen and oxygen atoms in total. The van der Waals surface area contributed by atoms with Crippen molar-refractivity contribution in [3.8, 4) is 5.75 Å². The zero-order valence-corrected chi connectivity index (χ0v) is 12.7. The van der Waals surface area contributed by atoms with E-state index in [2.05, 4.69) is 25.1 Å². The molecule has 0 saturated carbocycles. The van der Waals surface area contributed by atoms with E-state index in [1.165, 1.54) is 19.1 Å². The quantitative estimate of drug-likeness (QED) is 0.787. The Labute approximate surface area is 132 Å². The number of aromatic amines is 1. The van der Waals surface area contributed by atoms with Crippen LogP contribution in [-0.2, 0) is 13.0 Å². The normalized spacial score (nSPS) is 14.6. The maximum absolute atomic E-state index is 14.4. The SMILES string of the molecule is COc1ccc2c(N3CCCc4[nH]ncc4C3)ncnc2c1F. The molecule has 0 spiro atoms. The van der Waals surface area contributed by atoms with Crippen LogP contribution in [0.15, 0.2) is 24.7 Å². The first-order valence-corrected chi connectivity index (χ1v) is 7.51. The van der Waals surface area contributed by atoms with Gasteiger partial charge >= 0.3 is 0 Å². The highest BCUT2D eigenvalue weighted by Crippen LogP contribution is 2.31. The van der Waals surface area contributed by atoms with E-state index < -0.39 is 5.82 Å². The topological polar surface area (TPSA) is 66.9 Å². The zero-order chi connectivity index (χ0) is 15.8. The molecular weight excluding hydrogens is 297 g/mol. The lowest BCUT2D eigenvalue weighted by Crippen LogP contribution is -2.24. The minimum atomic E-state index is -0.451. The number of anilines is 1. The van der Waals surface area contributed by atoms with Gasteiger partial charge in [0, 0.05) is 29.7 Å². The predicted molar refractivity (Wildman–Crippen MR) is 84.0 cm³/mol. The first-order chi connectivity index (χ1) is 11.3. The van der Waals surface area contributed by atoms with Crippen molar-refractivity contribution in [3.05, 3.63) is 41.7 Å². The van der Waals surface area contributed by atoms with Crippen molar-refractivity contribution in [2.75, 3.05) is 18.6 Å². The van der Waals surface area contributed by atoms with E-state index in [9.17, 15) is 4.39 Å². The van der Waals surface area contributed by atoms with Gasteiger partial charge in [0.25, 0.3) is 0 Å². The second-order valence-electron chi connectivity index (χ2n) is 5.57. The zero-order valence-electron chi connectivity index (χ0n) is 12.7. The number of rotatable bonds is 2. The lowest BCUT2D eigenvalue weighted by Gasteiger charge is -2.22.